The average Bonchev–Trinajstić information content (AvgIpc) is 2.80. The molecule has 1 fully saturated rings. The van der Waals surface area contributed by atoms with Gasteiger partial charge in [0.15, 0.2) is 5.54 Å². The van der Waals surface area contributed by atoms with E-state index >= 15 is 0 Å². The van der Waals surface area contributed by atoms with E-state index in [0.717, 1.165) is 5.56 Å². The van der Waals surface area contributed by atoms with Gasteiger partial charge in [0, 0.05) is 13.1 Å². The molecule has 1 amide bonds. The second-order valence-corrected chi connectivity index (χ2v) is 5.06. The quantitative estimate of drug-likeness (QED) is 0.861. The second kappa shape index (κ2) is 5.92. The maximum absolute atomic E-state index is 11.8. The number of likely N-dealkylation sites (N-methyl/N-ethyl adjacent to an activating group) is 1. The van der Waals surface area contributed by atoms with E-state index in [4.69, 9.17) is 4.74 Å². The first kappa shape index (κ1) is 14.3. The number of likely N-dealkylation sites (tertiary alicyclic amines) is 1. The topological polar surface area (TPSA) is 78.9 Å². The van der Waals surface area contributed by atoms with Crippen molar-refractivity contribution in [3.05, 3.63) is 35.9 Å². The molecule has 2 N–H and O–H groups in total. The van der Waals surface area contributed by atoms with Crippen molar-refractivity contribution in [1.82, 2.24) is 10.2 Å². The molecule has 2 rings (SSSR count). The lowest BCUT2D eigenvalue weighted by atomic mass is 9.99. The summed E-state index contributed by atoms with van der Waals surface area (Å²) in [4.78, 5) is 25.0. The number of carbonyl (C=O) groups is 2. The van der Waals surface area contributed by atoms with Crippen LogP contribution >= 0.6 is 0 Å². The SMILES string of the molecule is CN1CCC(NC(=O)OCc2ccccc2)(C(=O)O)C1. The van der Waals surface area contributed by atoms with Gasteiger partial charge in [-0.25, -0.2) is 9.59 Å². The number of amides is 1. The molecule has 1 unspecified atom stereocenters. The molecule has 0 aromatic heterocycles. The Hall–Kier alpha value is -2.08. The van der Waals surface area contributed by atoms with Crippen LogP contribution in [0.5, 0.6) is 0 Å². The third kappa shape index (κ3) is 3.27. The highest BCUT2D eigenvalue weighted by Gasteiger charge is 2.45. The summed E-state index contributed by atoms with van der Waals surface area (Å²) in [5.74, 6) is -1.03. The number of nitrogens with one attached hydrogen (secondary N) is 1. The molecule has 1 aliphatic rings. The highest BCUT2D eigenvalue weighted by Crippen LogP contribution is 2.20. The summed E-state index contributed by atoms with van der Waals surface area (Å²) >= 11 is 0. The maximum atomic E-state index is 11.8. The number of hydrogen-bond acceptors (Lipinski definition) is 4. The molecule has 0 radical (unpaired) electrons. The van der Waals surface area contributed by atoms with Crippen molar-refractivity contribution in [2.24, 2.45) is 0 Å². The Labute approximate surface area is 117 Å². The summed E-state index contributed by atoms with van der Waals surface area (Å²) in [6, 6.07) is 9.24. The molecule has 1 heterocycles. The van der Waals surface area contributed by atoms with Gasteiger partial charge in [-0.2, -0.15) is 0 Å². The van der Waals surface area contributed by atoms with Crippen LogP contribution in [0.25, 0.3) is 0 Å². The number of hydrogen-bond donors (Lipinski definition) is 2. The van der Waals surface area contributed by atoms with Gasteiger partial charge >= 0.3 is 12.1 Å². The van der Waals surface area contributed by atoms with Crippen LogP contribution in [0.1, 0.15) is 12.0 Å². The first-order valence-corrected chi connectivity index (χ1v) is 6.43. The Morgan fingerprint density at radius 1 is 1.40 bits per heavy atom. The number of carboxylic acid groups (broad SMARTS) is 1. The van der Waals surface area contributed by atoms with Gasteiger partial charge in [-0.15, -0.1) is 0 Å². The van der Waals surface area contributed by atoms with E-state index in [1.165, 1.54) is 0 Å². The van der Waals surface area contributed by atoms with Crippen LogP contribution in [-0.2, 0) is 16.1 Å². The van der Waals surface area contributed by atoms with Crippen LogP contribution in [0.15, 0.2) is 30.3 Å². The number of nitrogens with zero attached hydrogens (tertiary/aromatic N) is 1. The van der Waals surface area contributed by atoms with Crippen molar-refractivity contribution >= 4 is 12.1 Å². The fourth-order valence-electron chi connectivity index (χ4n) is 2.29. The zero-order chi connectivity index (χ0) is 14.6. The lowest BCUT2D eigenvalue weighted by Gasteiger charge is -2.24. The highest BCUT2D eigenvalue weighted by atomic mass is 16.5. The Kier molecular flexibility index (Phi) is 4.24. The monoisotopic (exact) mass is 278 g/mol. The molecule has 1 atom stereocenters. The van der Waals surface area contributed by atoms with Crippen molar-refractivity contribution in [2.75, 3.05) is 20.1 Å². The van der Waals surface area contributed by atoms with Crippen molar-refractivity contribution in [2.45, 2.75) is 18.6 Å². The molecule has 1 aromatic rings. The molecule has 1 aliphatic heterocycles. The van der Waals surface area contributed by atoms with Crippen molar-refractivity contribution in [1.29, 1.82) is 0 Å². The van der Waals surface area contributed by atoms with E-state index < -0.39 is 17.6 Å². The third-order valence-corrected chi connectivity index (χ3v) is 3.42. The molecule has 0 aliphatic carbocycles. The number of alkyl carbamates (subject to hydrolysis) is 1. The number of ether oxygens (including phenoxy) is 1. The summed E-state index contributed by atoms with van der Waals surface area (Å²) in [5.41, 5.74) is -0.390. The van der Waals surface area contributed by atoms with Crippen molar-refractivity contribution in [3.63, 3.8) is 0 Å². The van der Waals surface area contributed by atoms with E-state index in [1.807, 2.05) is 42.3 Å². The van der Waals surface area contributed by atoms with Gasteiger partial charge in [0.1, 0.15) is 6.61 Å². The fraction of sp³-hybridized carbons (Fsp3) is 0.429. The maximum Gasteiger partial charge on any atom is 0.408 e. The molecule has 108 valence electrons. The summed E-state index contributed by atoms with van der Waals surface area (Å²) in [6.45, 7) is 1.03. The molecular weight excluding hydrogens is 260 g/mol. The van der Waals surface area contributed by atoms with Crippen LogP contribution in [0, 0.1) is 0 Å². The molecule has 0 bridgehead atoms. The summed E-state index contributed by atoms with van der Waals surface area (Å²) in [5, 5.41) is 11.8. The molecule has 1 saturated heterocycles. The predicted octanol–water partition coefficient (Wildman–Crippen LogP) is 1.07. The molecule has 6 heteroatoms. The zero-order valence-electron chi connectivity index (χ0n) is 11.3. The van der Waals surface area contributed by atoms with E-state index in [2.05, 4.69) is 5.32 Å². The first-order chi connectivity index (χ1) is 9.52. The van der Waals surface area contributed by atoms with E-state index in [0.29, 0.717) is 13.0 Å². The number of rotatable bonds is 4. The van der Waals surface area contributed by atoms with Crippen LogP contribution in [-0.4, -0.2) is 47.7 Å². The van der Waals surface area contributed by atoms with Gasteiger partial charge in [0.05, 0.1) is 0 Å². The van der Waals surface area contributed by atoms with Crippen molar-refractivity contribution < 1.29 is 19.4 Å². The van der Waals surface area contributed by atoms with Gasteiger partial charge in [0.25, 0.3) is 0 Å². The number of benzene rings is 1. The number of carboxylic acids is 1. The molecule has 1 aromatic carbocycles. The average molecular weight is 278 g/mol. The van der Waals surface area contributed by atoms with Crippen LogP contribution in [0.2, 0.25) is 0 Å². The molecular formula is C14H18N2O4. The predicted molar refractivity (Wildman–Crippen MR) is 72.2 cm³/mol. The Morgan fingerprint density at radius 3 is 2.65 bits per heavy atom. The summed E-state index contributed by atoms with van der Waals surface area (Å²) < 4.78 is 5.07. The Morgan fingerprint density at radius 2 is 2.10 bits per heavy atom. The van der Waals surface area contributed by atoms with Gasteiger partial charge in [-0.05, 0) is 19.0 Å². The summed E-state index contributed by atoms with van der Waals surface area (Å²) in [6.07, 6.45) is -0.328. The minimum Gasteiger partial charge on any atom is -0.479 e. The standard InChI is InChI=1S/C14H18N2O4/c1-16-8-7-14(10-16,12(17)18)15-13(19)20-9-11-5-3-2-4-6-11/h2-6H,7-10H2,1H3,(H,15,19)(H,17,18). The van der Waals surface area contributed by atoms with E-state index in [1.54, 1.807) is 0 Å². The zero-order valence-corrected chi connectivity index (χ0v) is 11.3. The van der Waals surface area contributed by atoms with Crippen LogP contribution < -0.4 is 5.32 Å². The fourth-order valence-corrected chi connectivity index (χ4v) is 2.29. The van der Waals surface area contributed by atoms with Crippen molar-refractivity contribution in [3.8, 4) is 0 Å². The molecule has 0 saturated carbocycles. The molecule has 6 nitrogen and oxygen atoms in total. The first-order valence-electron chi connectivity index (χ1n) is 6.43. The smallest absolute Gasteiger partial charge is 0.408 e. The molecule has 0 spiro atoms. The van der Waals surface area contributed by atoms with E-state index in [-0.39, 0.29) is 13.2 Å². The Balaban J connectivity index is 1.91. The molecule has 20 heavy (non-hydrogen) atoms. The number of aliphatic carboxylic acids is 1. The third-order valence-electron chi connectivity index (χ3n) is 3.42. The minimum atomic E-state index is -1.25. The van der Waals surface area contributed by atoms with E-state index in [9.17, 15) is 14.7 Å². The lowest BCUT2D eigenvalue weighted by molar-refractivity contribution is -0.144. The second-order valence-electron chi connectivity index (χ2n) is 5.06. The van der Waals surface area contributed by atoms with Crippen LogP contribution in [0.3, 0.4) is 0 Å². The number of carbonyl (C=O) groups excluding carboxylic acids is 1. The minimum absolute atomic E-state index is 0.123. The van der Waals surface area contributed by atoms with Gasteiger partial charge in [0.2, 0.25) is 0 Å². The highest BCUT2D eigenvalue weighted by molar-refractivity contribution is 5.85. The van der Waals surface area contributed by atoms with Crippen LogP contribution in [0.4, 0.5) is 4.79 Å². The normalized spacial score (nSPS) is 22.4. The van der Waals surface area contributed by atoms with Gasteiger partial charge in [-0.3, -0.25) is 0 Å². The van der Waals surface area contributed by atoms with Gasteiger partial charge in [-0.1, -0.05) is 30.3 Å². The Bertz CT molecular complexity index is 491. The largest absolute Gasteiger partial charge is 0.479 e. The van der Waals surface area contributed by atoms with Gasteiger partial charge < -0.3 is 20.1 Å². The lowest BCUT2D eigenvalue weighted by Crippen LogP contribution is -2.56. The summed E-state index contributed by atoms with van der Waals surface area (Å²) in [7, 11) is 1.82.